The van der Waals surface area contributed by atoms with Gasteiger partial charge < -0.3 is 14.8 Å². The molecule has 7 nitrogen and oxygen atoms in total. The number of para-hydroxylation sites is 1. The number of rotatable bonds is 7. The Morgan fingerprint density at radius 1 is 1.33 bits per heavy atom. The fourth-order valence-corrected chi connectivity index (χ4v) is 3.86. The fourth-order valence-electron chi connectivity index (χ4n) is 3.86. The zero-order valence-electron chi connectivity index (χ0n) is 18.7. The Morgan fingerprint density at radius 2 is 2.15 bits per heavy atom. The van der Waals surface area contributed by atoms with Crippen molar-refractivity contribution in [2.45, 2.75) is 25.9 Å². The summed E-state index contributed by atoms with van der Waals surface area (Å²) in [7, 11) is 1.63. The van der Waals surface area contributed by atoms with Crippen LogP contribution in [0.25, 0.3) is 23.0 Å². The molecule has 168 valence electrons. The molecule has 0 saturated carbocycles. The highest BCUT2D eigenvalue weighted by molar-refractivity contribution is 6.02. The fraction of sp³-hybridized carbons (Fsp3) is 0.269. The van der Waals surface area contributed by atoms with Crippen molar-refractivity contribution in [1.29, 1.82) is 5.26 Å². The minimum atomic E-state index is -0.419. The normalized spacial score (nSPS) is 15.8. The maximum atomic E-state index is 12.7. The zero-order valence-corrected chi connectivity index (χ0v) is 18.7. The number of hydrogen-bond donors (Lipinski definition) is 1. The number of carbonyl (C=O) groups excluding carboxylic acids is 1. The topological polar surface area (TPSA) is 89.2 Å². The summed E-state index contributed by atoms with van der Waals surface area (Å²) < 4.78 is 12.6. The monoisotopic (exact) mass is 442 g/mol. The molecule has 1 aliphatic rings. The van der Waals surface area contributed by atoms with Gasteiger partial charge >= 0.3 is 0 Å². The molecule has 1 fully saturated rings. The van der Waals surface area contributed by atoms with Gasteiger partial charge in [-0.25, -0.2) is 4.68 Å². The van der Waals surface area contributed by atoms with Crippen molar-refractivity contribution in [2.75, 3.05) is 20.3 Å². The molecular formula is C26H26N4O3. The lowest BCUT2D eigenvalue weighted by atomic mass is 10.0. The first kappa shape index (κ1) is 22.3. The Labute approximate surface area is 193 Å². The van der Waals surface area contributed by atoms with E-state index >= 15 is 0 Å². The van der Waals surface area contributed by atoms with Crippen LogP contribution < -0.4 is 10.1 Å². The highest BCUT2D eigenvalue weighted by atomic mass is 16.5. The zero-order chi connectivity index (χ0) is 23.2. The Kier molecular flexibility index (Phi) is 6.86. The number of nitriles is 1. The van der Waals surface area contributed by atoms with Crippen LogP contribution >= 0.6 is 0 Å². The molecule has 2 aromatic carbocycles. The van der Waals surface area contributed by atoms with Gasteiger partial charge in [0.25, 0.3) is 5.91 Å². The summed E-state index contributed by atoms with van der Waals surface area (Å²) in [6.45, 7) is 3.09. The second-order valence-corrected chi connectivity index (χ2v) is 7.91. The lowest BCUT2D eigenvalue weighted by Crippen LogP contribution is -2.32. The van der Waals surface area contributed by atoms with Crippen LogP contribution in [0.4, 0.5) is 0 Å². The Bertz CT molecular complexity index is 1200. The quantitative estimate of drug-likeness (QED) is 0.440. The Morgan fingerprint density at radius 3 is 2.82 bits per heavy atom. The van der Waals surface area contributed by atoms with Crippen LogP contribution in [0.5, 0.6) is 5.75 Å². The van der Waals surface area contributed by atoms with Crippen LogP contribution in [0.1, 0.15) is 24.0 Å². The predicted molar refractivity (Wildman–Crippen MR) is 126 cm³/mol. The standard InChI is InChI=1S/C26H26N4O3/c1-18-13-22(32-2)10-11-24(18)25-20(17-30(29-25)21-7-4-3-5-8-21)14-19(15-27)26(31)28-16-23-9-6-12-33-23/h3-5,7-8,10-11,13-14,17,23H,6,9,12,16H2,1-2H3,(H,28,31)/b19-14+. The summed E-state index contributed by atoms with van der Waals surface area (Å²) in [6.07, 6.45) is 5.34. The van der Waals surface area contributed by atoms with Crippen molar-refractivity contribution in [1.82, 2.24) is 15.1 Å². The highest BCUT2D eigenvalue weighted by Gasteiger charge is 2.19. The van der Waals surface area contributed by atoms with Crippen molar-refractivity contribution in [3.05, 3.63) is 71.4 Å². The van der Waals surface area contributed by atoms with Crippen LogP contribution in [0.3, 0.4) is 0 Å². The molecule has 1 aromatic heterocycles. The number of carbonyl (C=O) groups is 1. The van der Waals surface area contributed by atoms with Gasteiger partial charge in [0.15, 0.2) is 0 Å². The summed E-state index contributed by atoms with van der Waals surface area (Å²) >= 11 is 0. The molecule has 1 saturated heterocycles. The Hall–Kier alpha value is -3.89. The third-order valence-corrected chi connectivity index (χ3v) is 5.63. The van der Waals surface area contributed by atoms with Gasteiger partial charge in [-0.3, -0.25) is 4.79 Å². The molecular weight excluding hydrogens is 416 g/mol. The number of hydrogen-bond acceptors (Lipinski definition) is 5. The smallest absolute Gasteiger partial charge is 0.262 e. The molecule has 1 aliphatic heterocycles. The summed E-state index contributed by atoms with van der Waals surface area (Å²) in [5, 5.41) is 17.3. The van der Waals surface area contributed by atoms with E-state index in [-0.39, 0.29) is 11.7 Å². The van der Waals surface area contributed by atoms with E-state index in [1.54, 1.807) is 17.9 Å². The summed E-state index contributed by atoms with van der Waals surface area (Å²) in [6, 6.07) is 17.5. The van der Waals surface area contributed by atoms with Gasteiger partial charge in [-0.15, -0.1) is 0 Å². The first-order valence-electron chi connectivity index (χ1n) is 10.9. The van der Waals surface area contributed by atoms with Crippen LogP contribution in [0.2, 0.25) is 0 Å². The lowest BCUT2D eigenvalue weighted by molar-refractivity contribution is -0.117. The molecule has 7 heteroatoms. The number of amides is 1. The first-order valence-corrected chi connectivity index (χ1v) is 10.9. The van der Waals surface area contributed by atoms with Gasteiger partial charge in [0.2, 0.25) is 0 Å². The van der Waals surface area contributed by atoms with E-state index in [1.165, 1.54) is 0 Å². The molecule has 2 heterocycles. The van der Waals surface area contributed by atoms with Crippen molar-refractivity contribution in [3.63, 3.8) is 0 Å². The van der Waals surface area contributed by atoms with E-state index in [4.69, 9.17) is 14.6 Å². The number of nitrogens with zero attached hydrogens (tertiary/aromatic N) is 3. The second-order valence-electron chi connectivity index (χ2n) is 7.91. The van der Waals surface area contributed by atoms with Gasteiger partial charge in [0.05, 0.1) is 18.9 Å². The molecule has 0 radical (unpaired) electrons. The van der Waals surface area contributed by atoms with E-state index in [9.17, 15) is 10.1 Å². The van der Waals surface area contributed by atoms with Crippen LogP contribution in [-0.2, 0) is 9.53 Å². The summed E-state index contributed by atoms with van der Waals surface area (Å²) in [5.41, 5.74) is 4.13. The first-order chi connectivity index (χ1) is 16.1. The van der Waals surface area contributed by atoms with E-state index in [0.717, 1.165) is 35.4 Å². The van der Waals surface area contributed by atoms with Gasteiger partial charge in [0.1, 0.15) is 23.1 Å². The third-order valence-electron chi connectivity index (χ3n) is 5.63. The maximum absolute atomic E-state index is 12.7. The van der Waals surface area contributed by atoms with Crippen molar-refractivity contribution >= 4 is 12.0 Å². The van der Waals surface area contributed by atoms with Crippen molar-refractivity contribution < 1.29 is 14.3 Å². The average Bonchev–Trinajstić information content (AvgIpc) is 3.51. The number of benzene rings is 2. The number of aryl methyl sites for hydroxylation is 1. The van der Waals surface area contributed by atoms with Gasteiger partial charge in [-0.1, -0.05) is 18.2 Å². The molecule has 1 N–H and O–H groups in total. The Balaban J connectivity index is 1.71. The van der Waals surface area contributed by atoms with E-state index in [0.29, 0.717) is 24.4 Å². The summed E-state index contributed by atoms with van der Waals surface area (Å²) in [5.74, 6) is 0.333. The molecule has 4 rings (SSSR count). The molecule has 1 atom stereocenters. The van der Waals surface area contributed by atoms with E-state index < -0.39 is 5.91 Å². The molecule has 0 bridgehead atoms. The number of nitrogens with one attached hydrogen (secondary N) is 1. The summed E-state index contributed by atoms with van der Waals surface area (Å²) in [4.78, 5) is 12.7. The van der Waals surface area contributed by atoms with E-state index in [2.05, 4.69) is 5.32 Å². The van der Waals surface area contributed by atoms with Crippen LogP contribution in [0, 0.1) is 18.3 Å². The molecule has 1 amide bonds. The minimum Gasteiger partial charge on any atom is -0.497 e. The predicted octanol–water partition coefficient (Wildman–Crippen LogP) is 4.06. The van der Waals surface area contributed by atoms with Gasteiger partial charge in [0, 0.05) is 30.5 Å². The van der Waals surface area contributed by atoms with E-state index in [1.807, 2.05) is 67.7 Å². The highest BCUT2D eigenvalue weighted by Crippen LogP contribution is 2.30. The largest absolute Gasteiger partial charge is 0.497 e. The minimum absolute atomic E-state index is 0.00670. The molecule has 0 aliphatic carbocycles. The molecule has 3 aromatic rings. The molecule has 1 unspecified atom stereocenters. The second kappa shape index (κ2) is 10.2. The average molecular weight is 443 g/mol. The number of ether oxygens (including phenoxy) is 2. The van der Waals surface area contributed by atoms with Gasteiger partial charge in [-0.05, 0) is 61.7 Å². The van der Waals surface area contributed by atoms with Gasteiger partial charge in [-0.2, -0.15) is 10.4 Å². The maximum Gasteiger partial charge on any atom is 0.262 e. The lowest BCUT2D eigenvalue weighted by Gasteiger charge is -2.10. The van der Waals surface area contributed by atoms with Crippen LogP contribution in [-0.4, -0.2) is 42.1 Å². The molecule has 0 spiro atoms. The van der Waals surface area contributed by atoms with Crippen molar-refractivity contribution in [3.8, 4) is 28.8 Å². The number of methoxy groups -OCH3 is 1. The SMILES string of the molecule is COc1ccc(-c2nn(-c3ccccc3)cc2/C=C(\C#N)C(=O)NCC2CCCO2)c(C)c1. The van der Waals surface area contributed by atoms with Crippen molar-refractivity contribution in [2.24, 2.45) is 0 Å². The third kappa shape index (κ3) is 5.13. The van der Waals surface area contributed by atoms with Crippen LogP contribution in [0.15, 0.2) is 60.3 Å². The number of aromatic nitrogens is 2. The molecule has 33 heavy (non-hydrogen) atoms.